The van der Waals surface area contributed by atoms with Crippen LogP contribution in [0.2, 0.25) is 10.0 Å². The standard InChI is InChI=1S/C30H27Cl2N7O4/c1-39(2)15-5-10-25(40)34-21-7-3-6-18(16-21)28(41)35-19-11-13-20(14-12-19)36-30(43)27-24(17-33-38-27)37-29(42)26-22(31)8-4-9-23(26)32/h3-14,16-17H,15H2,1-2H3,(H,33,38)(H,34,40)(H,35,41)(H,36,43)(H,37,42). The average Bonchev–Trinajstić information content (AvgIpc) is 3.42. The van der Waals surface area contributed by atoms with Gasteiger partial charge in [-0.3, -0.25) is 24.3 Å². The monoisotopic (exact) mass is 619 g/mol. The van der Waals surface area contributed by atoms with Crippen LogP contribution in [0.5, 0.6) is 0 Å². The summed E-state index contributed by atoms with van der Waals surface area (Å²) < 4.78 is 0. The maximum atomic E-state index is 12.9. The first-order chi connectivity index (χ1) is 20.6. The molecule has 0 aliphatic carbocycles. The van der Waals surface area contributed by atoms with Gasteiger partial charge in [-0.15, -0.1) is 0 Å². The third-order valence-electron chi connectivity index (χ3n) is 5.83. The molecule has 43 heavy (non-hydrogen) atoms. The third-order valence-corrected chi connectivity index (χ3v) is 6.46. The number of likely N-dealkylation sites (N-methyl/N-ethyl adjacent to an activating group) is 1. The van der Waals surface area contributed by atoms with Gasteiger partial charge in [-0.05, 0) is 68.7 Å². The number of benzene rings is 3. The van der Waals surface area contributed by atoms with Crippen LogP contribution in [0.25, 0.3) is 0 Å². The van der Waals surface area contributed by atoms with Crippen LogP contribution in [0.15, 0.2) is 85.1 Å². The van der Waals surface area contributed by atoms with Crippen molar-refractivity contribution in [3.63, 3.8) is 0 Å². The van der Waals surface area contributed by atoms with Crippen LogP contribution >= 0.6 is 23.2 Å². The Morgan fingerprint density at radius 2 is 1.42 bits per heavy atom. The lowest BCUT2D eigenvalue weighted by Gasteiger charge is -2.10. The van der Waals surface area contributed by atoms with Gasteiger partial charge in [0.15, 0.2) is 5.69 Å². The van der Waals surface area contributed by atoms with Gasteiger partial charge in [-0.25, -0.2) is 0 Å². The number of rotatable bonds is 10. The number of aromatic amines is 1. The van der Waals surface area contributed by atoms with E-state index in [-0.39, 0.29) is 38.8 Å². The van der Waals surface area contributed by atoms with Crippen LogP contribution in [-0.2, 0) is 4.79 Å². The molecule has 220 valence electrons. The van der Waals surface area contributed by atoms with Crippen molar-refractivity contribution >= 4 is 69.6 Å². The van der Waals surface area contributed by atoms with E-state index in [0.29, 0.717) is 29.2 Å². The topological polar surface area (TPSA) is 148 Å². The number of carbonyl (C=O) groups excluding carboxylic acids is 4. The molecule has 13 heteroatoms. The Hall–Kier alpha value is -4.97. The Morgan fingerprint density at radius 1 is 0.791 bits per heavy atom. The Labute approximate surface area is 257 Å². The summed E-state index contributed by atoms with van der Waals surface area (Å²) in [6.07, 6.45) is 4.54. The fourth-order valence-electron chi connectivity index (χ4n) is 3.78. The largest absolute Gasteiger partial charge is 0.322 e. The molecule has 0 bridgehead atoms. The number of hydrogen-bond acceptors (Lipinski definition) is 6. The second-order valence-electron chi connectivity index (χ2n) is 9.42. The summed E-state index contributed by atoms with van der Waals surface area (Å²) in [6.45, 7) is 0.626. The number of H-pyrrole nitrogens is 1. The predicted octanol–water partition coefficient (Wildman–Crippen LogP) is 5.53. The Bertz CT molecular complexity index is 1660. The summed E-state index contributed by atoms with van der Waals surface area (Å²) in [5.74, 6) is -1.87. The van der Waals surface area contributed by atoms with Gasteiger partial charge in [0, 0.05) is 41.4 Å². The van der Waals surface area contributed by atoms with E-state index in [1.165, 1.54) is 24.4 Å². The molecule has 0 aliphatic rings. The average molecular weight is 620 g/mol. The number of carbonyl (C=O) groups is 4. The van der Waals surface area contributed by atoms with Crippen molar-refractivity contribution in [1.29, 1.82) is 0 Å². The molecular formula is C30H27Cl2N7O4. The SMILES string of the molecule is CN(C)CC=CC(=O)Nc1cccc(C(=O)Nc2ccc(NC(=O)c3n[nH]cc3NC(=O)c3c(Cl)cccc3Cl)cc2)c1. The zero-order chi connectivity index (χ0) is 30.9. The molecule has 4 aromatic rings. The molecule has 0 atom stereocenters. The molecule has 1 aromatic heterocycles. The first kappa shape index (κ1) is 31.0. The molecule has 0 radical (unpaired) electrons. The van der Waals surface area contributed by atoms with Crippen molar-refractivity contribution in [2.24, 2.45) is 0 Å². The second kappa shape index (κ2) is 14.3. The minimum atomic E-state index is -0.601. The van der Waals surface area contributed by atoms with Gasteiger partial charge in [0.1, 0.15) is 0 Å². The molecule has 0 aliphatic heterocycles. The zero-order valence-corrected chi connectivity index (χ0v) is 24.6. The Kier molecular flexibility index (Phi) is 10.3. The van der Waals surface area contributed by atoms with Crippen LogP contribution in [-0.4, -0.2) is 59.4 Å². The molecule has 4 amide bonds. The summed E-state index contributed by atoms with van der Waals surface area (Å²) in [5.41, 5.74) is 1.87. The molecule has 4 rings (SSSR count). The van der Waals surface area contributed by atoms with Gasteiger partial charge in [-0.2, -0.15) is 5.10 Å². The maximum absolute atomic E-state index is 12.9. The lowest BCUT2D eigenvalue weighted by Crippen LogP contribution is -2.18. The highest BCUT2D eigenvalue weighted by atomic mass is 35.5. The van der Waals surface area contributed by atoms with Crippen LogP contribution in [0, 0.1) is 0 Å². The maximum Gasteiger partial charge on any atom is 0.278 e. The number of nitrogens with one attached hydrogen (secondary N) is 5. The molecule has 0 saturated carbocycles. The normalized spacial score (nSPS) is 10.9. The smallest absolute Gasteiger partial charge is 0.278 e. The summed E-state index contributed by atoms with van der Waals surface area (Å²) >= 11 is 12.2. The lowest BCUT2D eigenvalue weighted by molar-refractivity contribution is -0.111. The van der Waals surface area contributed by atoms with Gasteiger partial charge in [0.2, 0.25) is 5.91 Å². The number of hydrogen-bond donors (Lipinski definition) is 5. The minimum absolute atomic E-state index is 0.0610. The van der Waals surface area contributed by atoms with Crippen LogP contribution < -0.4 is 21.3 Å². The molecule has 0 spiro atoms. The number of nitrogens with zero attached hydrogens (tertiary/aromatic N) is 2. The number of aromatic nitrogens is 2. The van der Waals surface area contributed by atoms with Gasteiger partial charge >= 0.3 is 0 Å². The minimum Gasteiger partial charge on any atom is -0.322 e. The van der Waals surface area contributed by atoms with E-state index in [1.54, 1.807) is 60.7 Å². The fourth-order valence-corrected chi connectivity index (χ4v) is 4.35. The van der Waals surface area contributed by atoms with Crippen molar-refractivity contribution in [3.8, 4) is 0 Å². The predicted molar refractivity (Wildman–Crippen MR) is 168 cm³/mol. The third kappa shape index (κ3) is 8.52. The van der Waals surface area contributed by atoms with Crippen molar-refractivity contribution in [3.05, 3.63) is 112 Å². The first-order valence-electron chi connectivity index (χ1n) is 12.8. The zero-order valence-electron chi connectivity index (χ0n) is 23.1. The van der Waals surface area contributed by atoms with Crippen molar-refractivity contribution < 1.29 is 19.2 Å². The van der Waals surface area contributed by atoms with Gasteiger partial charge < -0.3 is 26.2 Å². The van der Waals surface area contributed by atoms with Gasteiger partial charge in [-0.1, -0.05) is 41.4 Å². The number of anilines is 4. The molecule has 0 unspecified atom stereocenters. The molecule has 11 nitrogen and oxygen atoms in total. The van der Waals surface area contributed by atoms with E-state index in [4.69, 9.17) is 23.2 Å². The van der Waals surface area contributed by atoms with E-state index in [0.717, 1.165) is 0 Å². The second-order valence-corrected chi connectivity index (χ2v) is 10.2. The molecule has 0 saturated heterocycles. The van der Waals surface area contributed by atoms with Crippen molar-refractivity contribution in [2.45, 2.75) is 0 Å². The highest BCUT2D eigenvalue weighted by Gasteiger charge is 2.20. The summed E-state index contributed by atoms with van der Waals surface area (Å²) in [7, 11) is 3.80. The van der Waals surface area contributed by atoms with E-state index in [2.05, 4.69) is 31.5 Å². The first-order valence-corrected chi connectivity index (χ1v) is 13.6. The quantitative estimate of drug-likeness (QED) is 0.147. The molecule has 3 aromatic carbocycles. The van der Waals surface area contributed by atoms with E-state index in [9.17, 15) is 19.2 Å². The molecule has 0 fully saturated rings. The van der Waals surface area contributed by atoms with Crippen LogP contribution in [0.4, 0.5) is 22.7 Å². The van der Waals surface area contributed by atoms with E-state index >= 15 is 0 Å². The van der Waals surface area contributed by atoms with Gasteiger partial charge in [0.25, 0.3) is 17.7 Å². The molecule has 1 heterocycles. The fraction of sp³-hybridized carbons (Fsp3) is 0.100. The summed E-state index contributed by atoms with van der Waals surface area (Å²) in [6, 6.07) is 17.6. The highest BCUT2D eigenvalue weighted by Crippen LogP contribution is 2.26. The van der Waals surface area contributed by atoms with Gasteiger partial charge in [0.05, 0.1) is 21.3 Å². The van der Waals surface area contributed by atoms with E-state index < -0.39 is 11.8 Å². The Morgan fingerprint density at radius 3 is 2.07 bits per heavy atom. The lowest BCUT2D eigenvalue weighted by atomic mass is 10.1. The molecular weight excluding hydrogens is 593 g/mol. The van der Waals surface area contributed by atoms with Crippen LogP contribution in [0.1, 0.15) is 31.2 Å². The van der Waals surface area contributed by atoms with Crippen molar-refractivity contribution in [2.75, 3.05) is 41.9 Å². The van der Waals surface area contributed by atoms with Crippen LogP contribution in [0.3, 0.4) is 0 Å². The number of amides is 4. The highest BCUT2D eigenvalue weighted by molar-refractivity contribution is 6.40. The summed E-state index contributed by atoms with van der Waals surface area (Å²) in [5, 5.41) is 17.6. The van der Waals surface area contributed by atoms with Crippen molar-refractivity contribution in [1.82, 2.24) is 15.1 Å². The molecule has 5 N–H and O–H groups in total. The number of halogens is 2. The summed E-state index contributed by atoms with van der Waals surface area (Å²) in [4.78, 5) is 52.5. The van der Waals surface area contributed by atoms with E-state index in [1.807, 2.05) is 19.0 Å². The Balaban J connectivity index is 1.35.